The van der Waals surface area contributed by atoms with Crippen molar-refractivity contribution in [2.75, 3.05) is 18.0 Å². The number of anilines is 1. The van der Waals surface area contributed by atoms with E-state index in [9.17, 15) is 4.79 Å². The van der Waals surface area contributed by atoms with E-state index in [0.717, 1.165) is 43.0 Å². The molecule has 0 spiro atoms. The van der Waals surface area contributed by atoms with Crippen molar-refractivity contribution in [2.24, 2.45) is 5.92 Å². The Kier molecular flexibility index (Phi) is 5.07. The molecular weight excluding hydrogens is 302 g/mol. The SMILES string of the molecule is C#Cc1ccc(COC(=O)C2CCN(c3ncccn3)CC2)cc1. The van der Waals surface area contributed by atoms with Gasteiger partial charge in [-0.25, -0.2) is 9.97 Å². The number of hydrogen-bond donors (Lipinski definition) is 0. The molecule has 0 unspecified atom stereocenters. The third-order valence-electron chi connectivity index (χ3n) is 4.16. The average Bonchev–Trinajstić information content (AvgIpc) is 2.67. The molecule has 1 aromatic heterocycles. The molecule has 2 heterocycles. The van der Waals surface area contributed by atoms with Gasteiger partial charge in [0.15, 0.2) is 0 Å². The van der Waals surface area contributed by atoms with Crippen molar-refractivity contribution in [1.82, 2.24) is 9.97 Å². The summed E-state index contributed by atoms with van der Waals surface area (Å²) in [5, 5.41) is 0. The fraction of sp³-hybridized carbons (Fsp3) is 0.316. The Hall–Kier alpha value is -2.87. The third kappa shape index (κ3) is 3.90. The summed E-state index contributed by atoms with van der Waals surface area (Å²) in [6.45, 7) is 1.81. The van der Waals surface area contributed by atoms with E-state index in [1.165, 1.54) is 0 Å². The van der Waals surface area contributed by atoms with Crippen LogP contribution in [0.4, 0.5) is 5.95 Å². The van der Waals surface area contributed by atoms with Crippen LogP contribution in [0.2, 0.25) is 0 Å². The first kappa shape index (κ1) is 16.0. The van der Waals surface area contributed by atoms with Crippen molar-refractivity contribution >= 4 is 11.9 Å². The molecule has 2 aromatic rings. The predicted octanol–water partition coefficient (Wildman–Crippen LogP) is 2.42. The minimum absolute atomic E-state index is 0.0602. The van der Waals surface area contributed by atoms with Crippen molar-refractivity contribution in [3.8, 4) is 12.3 Å². The first-order valence-corrected chi connectivity index (χ1v) is 8.00. The largest absolute Gasteiger partial charge is 0.461 e. The molecule has 0 bridgehead atoms. The Labute approximate surface area is 141 Å². The topological polar surface area (TPSA) is 55.3 Å². The highest BCUT2D eigenvalue weighted by atomic mass is 16.5. The number of benzene rings is 1. The van der Waals surface area contributed by atoms with Gasteiger partial charge < -0.3 is 9.64 Å². The molecule has 122 valence electrons. The Balaban J connectivity index is 1.47. The predicted molar refractivity (Wildman–Crippen MR) is 91.1 cm³/mol. The minimum Gasteiger partial charge on any atom is -0.461 e. The van der Waals surface area contributed by atoms with Gasteiger partial charge >= 0.3 is 5.97 Å². The lowest BCUT2D eigenvalue weighted by Gasteiger charge is -2.30. The van der Waals surface area contributed by atoms with E-state index in [2.05, 4.69) is 20.8 Å². The van der Waals surface area contributed by atoms with Crippen LogP contribution >= 0.6 is 0 Å². The Morgan fingerprint density at radius 2 is 1.88 bits per heavy atom. The quantitative estimate of drug-likeness (QED) is 0.639. The molecule has 0 N–H and O–H groups in total. The van der Waals surface area contributed by atoms with E-state index < -0.39 is 0 Å². The van der Waals surface area contributed by atoms with Gasteiger partial charge in [0.05, 0.1) is 5.92 Å². The Morgan fingerprint density at radius 1 is 1.21 bits per heavy atom. The first-order valence-electron chi connectivity index (χ1n) is 8.00. The molecule has 0 amide bonds. The number of rotatable bonds is 4. The number of carbonyl (C=O) groups is 1. The molecule has 5 heteroatoms. The summed E-state index contributed by atoms with van der Waals surface area (Å²) in [4.78, 5) is 22.8. The van der Waals surface area contributed by atoms with E-state index in [1.54, 1.807) is 18.5 Å². The molecule has 0 saturated carbocycles. The number of hydrogen-bond acceptors (Lipinski definition) is 5. The van der Waals surface area contributed by atoms with Crippen molar-refractivity contribution < 1.29 is 9.53 Å². The number of terminal acetylenes is 1. The lowest BCUT2D eigenvalue weighted by atomic mass is 9.97. The number of piperidine rings is 1. The number of nitrogens with zero attached hydrogens (tertiary/aromatic N) is 3. The lowest BCUT2D eigenvalue weighted by molar-refractivity contribution is -0.150. The fourth-order valence-corrected chi connectivity index (χ4v) is 2.74. The van der Waals surface area contributed by atoms with Gasteiger partial charge in [0.25, 0.3) is 0 Å². The molecule has 1 aliphatic heterocycles. The molecule has 1 saturated heterocycles. The highest BCUT2D eigenvalue weighted by Crippen LogP contribution is 2.21. The van der Waals surface area contributed by atoms with E-state index >= 15 is 0 Å². The molecule has 1 aliphatic rings. The smallest absolute Gasteiger partial charge is 0.309 e. The zero-order valence-corrected chi connectivity index (χ0v) is 13.4. The van der Waals surface area contributed by atoms with Crippen molar-refractivity contribution in [3.05, 3.63) is 53.9 Å². The molecule has 5 nitrogen and oxygen atoms in total. The van der Waals surface area contributed by atoms with Gasteiger partial charge in [-0.1, -0.05) is 18.1 Å². The Bertz CT molecular complexity index is 715. The summed E-state index contributed by atoms with van der Waals surface area (Å²) in [6, 6.07) is 9.27. The van der Waals surface area contributed by atoms with Gasteiger partial charge in [-0.2, -0.15) is 0 Å². The van der Waals surface area contributed by atoms with Crippen LogP contribution in [0, 0.1) is 18.3 Å². The number of ether oxygens (including phenoxy) is 1. The average molecular weight is 321 g/mol. The summed E-state index contributed by atoms with van der Waals surface area (Å²) >= 11 is 0. The van der Waals surface area contributed by atoms with Crippen LogP contribution in [0.1, 0.15) is 24.0 Å². The number of carbonyl (C=O) groups excluding carboxylic acids is 1. The fourth-order valence-electron chi connectivity index (χ4n) is 2.74. The molecule has 0 radical (unpaired) electrons. The Morgan fingerprint density at radius 3 is 2.50 bits per heavy atom. The van der Waals surface area contributed by atoms with Crippen molar-refractivity contribution in [1.29, 1.82) is 0 Å². The monoisotopic (exact) mass is 321 g/mol. The lowest BCUT2D eigenvalue weighted by Crippen LogP contribution is -2.37. The molecule has 1 fully saturated rings. The number of esters is 1. The highest BCUT2D eigenvalue weighted by Gasteiger charge is 2.27. The summed E-state index contributed by atoms with van der Waals surface area (Å²) in [6.07, 6.45) is 10.3. The summed E-state index contributed by atoms with van der Waals surface area (Å²) in [5.74, 6) is 3.09. The van der Waals surface area contributed by atoms with Gasteiger partial charge in [-0.05, 0) is 36.6 Å². The maximum Gasteiger partial charge on any atom is 0.309 e. The third-order valence-corrected chi connectivity index (χ3v) is 4.16. The van der Waals surface area contributed by atoms with Crippen LogP contribution in [-0.2, 0) is 16.1 Å². The van der Waals surface area contributed by atoms with Crippen LogP contribution in [0.3, 0.4) is 0 Å². The summed E-state index contributed by atoms with van der Waals surface area (Å²) in [7, 11) is 0. The van der Waals surface area contributed by atoms with Crippen LogP contribution in [0.5, 0.6) is 0 Å². The molecule has 1 aromatic carbocycles. The zero-order chi connectivity index (χ0) is 16.8. The van der Waals surface area contributed by atoms with Crippen LogP contribution < -0.4 is 4.90 Å². The van der Waals surface area contributed by atoms with E-state index in [1.807, 2.05) is 24.3 Å². The molecule has 0 atom stereocenters. The van der Waals surface area contributed by atoms with E-state index in [-0.39, 0.29) is 18.5 Å². The second-order valence-electron chi connectivity index (χ2n) is 5.76. The first-order chi connectivity index (χ1) is 11.8. The van der Waals surface area contributed by atoms with Gasteiger partial charge in [0.2, 0.25) is 5.95 Å². The van der Waals surface area contributed by atoms with Crippen LogP contribution in [0.25, 0.3) is 0 Å². The van der Waals surface area contributed by atoms with Crippen LogP contribution in [-0.4, -0.2) is 29.0 Å². The van der Waals surface area contributed by atoms with E-state index in [4.69, 9.17) is 11.2 Å². The second-order valence-corrected chi connectivity index (χ2v) is 5.76. The van der Waals surface area contributed by atoms with E-state index in [0.29, 0.717) is 0 Å². The zero-order valence-electron chi connectivity index (χ0n) is 13.4. The standard InChI is InChI=1S/C19H19N3O2/c1-2-15-4-6-16(7-5-15)14-24-18(23)17-8-12-22(13-9-17)19-20-10-3-11-21-19/h1,3-7,10-11,17H,8-9,12-14H2. The highest BCUT2D eigenvalue weighted by molar-refractivity contribution is 5.72. The summed E-state index contributed by atoms with van der Waals surface area (Å²) < 4.78 is 5.44. The normalized spacial score (nSPS) is 14.9. The number of aromatic nitrogens is 2. The minimum atomic E-state index is -0.135. The van der Waals surface area contributed by atoms with Crippen LogP contribution in [0.15, 0.2) is 42.7 Å². The summed E-state index contributed by atoms with van der Waals surface area (Å²) in [5.41, 5.74) is 1.76. The molecule has 0 aliphatic carbocycles. The molecule has 3 rings (SSSR count). The van der Waals surface area contributed by atoms with Gasteiger partial charge in [0, 0.05) is 31.0 Å². The van der Waals surface area contributed by atoms with Gasteiger partial charge in [-0.3, -0.25) is 4.79 Å². The maximum atomic E-state index is 12.2. The molecular formula is C19H19N3O2. The van der Waals surface area contributed by atoms with Gasteiger partial charge in [-0.15, -0.1) is 6.42 Å². The molecule has 24 heavy (non-hydrogen) atoms. The van der Waals surface area contributed by atoms with Crippen molar-refractivity contribution in [3.63, 3.8) is 0 Å². The van der Waals surface area contributed by atoms with Crippen molar-refractivity contribution in [2.45, 2.75) is 19.4 Å². The second kappa shape index (κ2) is 7.60. The maximum absolute atomic E-state index is 12.2. The van der Waals surface area contributed by atoms with Gasteiger partial charge in [0.1, 0.15) is 6.61 Å².